The van der Waals surface area contributed by atoms with Crippen LogP contribution in [0.25, 0.3) is 27.1 Å². The lowest BCUT2D eigenvalue weighted by atomic mass is 9.78. The van der Waals surface area contributed by atoms with Gasteiger partial charge in [0.1, 0.15) is 0 Å². The van der Waals surface area contributed by atoms with Crippen LogP contribution in [0.1, 0.15) is 58.2 Å². The monoisotopic (exact) mass is 653 g/mol. The van der Waals surface area contributed by atoms with Gasteiger partial charge in [0.25, 0.3) is 0 Å². The fraction of sp³-hybridized carbons (Fsp3) is 0.209. The molecule has 0 amide bonds. The summed E-state index contributed by atoms with van der Waals surface area (Å²) in [5, 5.41) is 16.0. The van der Waals surface area contributed by atoms with Crippen LogP contribution in [0.15, 0.2) is 133 Å². The van der Waals surface area contributed by atoms with Crippen LogP contribution < -0.4 is 5.32 Å². The molecule has 49 heavy (non-hydrogen) atoms. The van der Waals surface area contributed by atoms with E-state index >= 15 is 0 Å². The van der Waals surface area contributed by atoms with E-state index in [0.717, 1.165) is 60.7 Å². The van der Waals surface area contributed by atoms with Gasteiger partial charge in [-0.1, -0.05) is 109 Å². The van der Waals surface area contributed by atoms with E-state index in [1.54, 1.807) is 30.1 Å². The maximum absolute atomic E-state index is 12.8. The van der Waals surface area contributed by atoms with Crippen molar-refractivity contribution >= 4 is 27.1 Å². The number of hydrogen-bond acceptors (Lipinski definition) is 3. The summed E-state index contributed by atoms with van der Waals surface area (Å²) >= 11 is 0. The molecular formula is C43H38F3N3. The van der Waals surface area contributed by atoms with E-state index in [-0.39, 0.29) is 0 Å². The van der Waals surface area contributed by atoms with E-state index in [0.29, 0.717) is 13.0 Å². The Morgan fingerprint density at radius 2 is 1.41 bits per heavy atom. The third-order valence-electron chi connectivity index (χ3n) is 9.53. The van der Waals surface area contributed by atoms with Crippen LogP contribution in [0.2, 0.25) is 0 Å². The van der Waals surface area contributed by atoms with E-state index in [1.165, 1.54) is 50.6 Å². The number of benzene rings is 5. The number of halogens is 3. The number of aromatic nitrogens is 2. The van der Waals surface area contributed by atoms with Crippen LogP contribution in [-0.4, -0.2) is 16.7 Å². The first-order chi connectivity index (χ1) is 23.9. The molecule has 0 saturated heterocycles. The van der Waals surface area contributed by atoms with Gasteiger partial charge in [-0.15, -0.1) is 0 Å². The number of aryl methyl sites for hydroxylation is 1. The lowest BCUT2D eigenvalue weighted by Crippen LogP contribution is -2.17. The molecular weight excluding hydrogens is 615 g/mol. The van der Waals surface area contributed by atoms with Crippen molar-refractivity contribution in [1.82, 2.24) is 15.5 Å². The SMILES string of the molecule is FC(F)(F)c1ccc(CCNCc2cccc(Cc3cccc4ccc5c(c34)CCC3=C5C=CCC3)c2)cc1.c1ccc2cnncc2c1. The summed E-state index contributed by atoms with van der Waals surface area (Å²) in [4.78, 5) is 0. The highest BCUT2D eigenvalue weighted by Gasteiger charge is 2.29. The maximum atomic E-state index is 12.8. The van der Waals surface area contributed by atoms with Crippen molar-refractivity contribution in [1.29, 1.82) is 0 Å². The number of nitrogens with one attached hydrogen (secondary N) is 1. The number of nitrogens with zero attached hydrogens (tertiary/aromatic N) is 2. The first kappa shape index (κ1) is 32.5. The van der Waals surface area contributed by atoms with E-state index < -0.39 is 11.7 Å². The highest BCUT2D eigenvalue weighted by atomic mass is 19.4. The molecule has 8 rings (SSSR count). The topological polar surface area (TPSA) is 37.8 Å². The minimum absolute atomic E-state index is 0.601. The predicted octanol–water partition coefficient (Wildman–Crippen LogP) is 10.5. The van der Waals surface area contributed by atoms with Crippen molar-refractivity contribution in [3.05, 3.63) is 172 Å². The second-order valence-corrected chi connectivity index (χ2v) is 12.8. The molecule has 1 aromatic heterocycles. The first-order valence-corrected chi connectivity index (χ1v) is 16.9. The molecule has 0 bridgehead atoms. The lowest BCUT2D eigenvalue weighted by Gasteiger charge is -2.26. The fourth-order valence-corrected chi connectivity index (χ4v) is 7.05. The summed E-state index contributed by atoms with van der Waals surface area (Å²) in [6.45, 7) is 1.43. The van der Waals surface area contributed by atoms with Crippen molar-refractivity contribution in [3.63, 3.8) is 0 Å². The summed E-state index contributed by atoms with van der Waals surface area (Å²) in [5.41, 5.74) is 10.1. The molecule has 0 unspecified atom stereocenters. The van der Waals surface area contributed by atoms with Crippen LogP contribution in [0.5, 0.6) is 0 Å². The molecule has 0 atom stereocenters. The maximum Gasteiger partial charge on any atom is 0.416 e. The van der Waals surface area contributed by atoms with Crippen molar-refractivity contribution in [2.75, 3.05) is 6.54 Å². The summed E-state index contributed by atoms with van der Waals surface area (Å²) < 4.78 is 38.3. The third-order valence-corrected chi connectivity index (χ3v) is 9.53. The van der Waals surface area contributed by atoms with Gasteiger partial charge in [0.05, 0.1) is 18.0 Å². The average Bonchev–Trinajstić information content (AvgIpc) is 3.13. The first-order valence-electron chi connectivity index (χ1n) is 16.9. The van der Waals surface area contributed by atoms with Crippen LogP contribution >= 0.6 is 0 Å². The molecule has 3 nitrogen and oxygen atoms in total. The van der Waals surface area contributed by atoms with E-state index in [4.69, 9.17) is 0 Å². The smallest absolute Gasteiger partial charge is 0.312 e. The number of alkyl halides is 3. The lowest BCUT2D eigenvalue weighted by molar-refractivity contribution is -0.137. The highest BCUT2D eigenvalue weighted by Crippen LogP contribution is 2.41. The van der Waals surface area contributed by atoms with Gasteiger partial charge in [-0.25, -0.2) is 0 Å². The van der Waals surface area contributed by atoms with Gasteiger partial charge in [0.2, 0.25) is 0 Å². The minimum atomic E-state index is -4.29. The zero-order valence-electron chi connectivity index (χ0n) is 27.3. The quantitative estimate of drug-likeness (QED) is 0.174. The zero-order valence-corrected chi connectivity index (χ0v) is 27.3. The number of rotatable bonds is 7. The summed E-state index contributed by atoms with van der Waals surface area (Å²) in [6.07, 6.45) is 10.1. The highest BCUT2D eigenvalue weighted by molar-refractivity contribution is 5.96. The minimum Gasteiger partial charge on any atom is -0.312 e. The molecule has 1 N–H and O–H groups in total. The van der Waals surface area contributed by atoms with Crippen molar-refractivity contribution in [2.24, 2.45) is 0 Å². The zero-order chi connectivity index (χ0) is 33.6. The Balaban J connectivity index is 0.000000322. The Morgan fingerprint density at radius 3 is 2.18 bits per heavy atom. The molecule has 1 heterocycles. The van der Waals surface area contributed by atoms with Crippen molar-refractivity contribution < 1.29 is 13.2 Å². The Bertz CT molecular complexity index is 2080. The number of hydrogen-bond donors (Lipinski definition) is 1. The van der Waals surface area contributed by atoms with Crippen LogP contribution in [0.3, 0.4) is 0 Å². The van der Waals surface area contributed by atoms with Gasteiger partial charge in [-0.3, -0.25) is 0 Å². The standard InChI is InChI=1S/C35H32F3N.C8H6N2/c36-35(37,38)30-15-11-24(12-16-30)19-20-39-23-26-6-3-5-25(21-26)22-29-9-4-8-28-14-17-32-31-10-2-1-7-27(31)13-18-33(32)34(28)29;1-2-4-8-6-10-9-5-7(8)3-1/h2-6,8-12,14-17,21,39H,1,7,13,18-20,22-23H2;1-6H. The van der Waals surface area contributed by atoms with Crippen LogP contribution in [0, 0.1) is 0 Å². The number of fused-ring (bicyclic) bond motifs is 5. The van der Waals surface area contributed by atoms with Gasteiger partial charge in [-0.2, -0.15) is 23.4 Å². The third kappa shape index (κ3) is 7.65. The van der Waals surface area contributed by atoms with Crippen molar-refractivity contribution in [3.8, 4) is 0 Å². The Kier molecular flexibility index (Phi) is 9.67. The molecule has 0 spiro atoms. The van der Waals surface area contributed by atoms with E-state index in [1.807, 2.05) is 24.3 Å². The molecule has 0 radical (unpaired) electrons. The molecule has 5 aromatic carbocycles. The van der Waals surface area contributed by atoms with Gasteiger partial charge in [0, 0.05) is 17.3 Å². The second kappa shape index (κ2) is 14.6. The van der Waals surface area contributed by atoms with Crippen molar-refractivity contribution in [2.45, 2.75) is 51.2 Å². The number of allylic oxidation sites excluding steroid dienone is 4. The summed E-state index contributed by atoms with van der Waals surface area (Å²) in [7, 11) is 0. The average molecular weight is 654 g/mol. The van der Waals surface area contributed by atoms with E-state index in [9.17, 15) is 13.2 Å². The van der Waals surface area contributed by atoms with Crippen LogP contribution in [0.4, 0.5) is 13.2 Å². The molecule has 0 aliphatic heterocycles. The molecule has 2 aliphatic carbocycles. The largest absolute Gasteiger partial charge is 0.416 e. The molecule has 2 aliphatic rings. The molecule has 6 heteroatoms. The Labute approximate surface area is 285 Å². The molecule has 6 aromatic rings. The fourth-order valence-electron chi connectivity index (χ4n) is 7.05. The second-order valence-electron chi connectivity index (χ2n) is 12.8. The molecule has 246 valence electrons. The predicted molar refractivity (Wildman–Crippen MR) is 193 cm³/mol. The van der Waals surface area contributed by atoms with Crippen LogP contribution in [-0.2, 0) is 32.0 Å². The Morgan fingerprint density at radius 1 is 0.673 bits per heavy atom. The van der Waals surface area contributed by atoms with Gasteiger partial charge in [-0.05, 0) is 107 Å². The normalized spacial score (nSPS) is 13.9. The van der Waals surface area contributed by atoms with Gasteiger partial charge < -0.3 is 5.32 Å². The van der Waals surface area contributed by atoms with Gasteiger partial charge in [0.15, 0.2) is 0 Å². The Hall–Kier alpha value is -5.07. The molecule has 0 saturated carbocycles. The summed E-state index contributed by atoms with van der Waals surface area (Å²) in [5.74, 6) is 0. The molecule has 0 fully saturated rings. The van der Waals surface area contributed by atoms with Gasteiger partial charge >= 0.3 is 6.18 Å². The van der Waals surface area contributed by atoms with E-state index in [2.05, 4.69) is 82.3 Å². The summed E-state index contributed by atoms with van der Waals surface area (Å²) in [6, 6.07) is 33.5.